The van der Waals surface area contributed by atoms with Crippen molar-refractivity contribution in [3.05, 3.63) is 52.0 Å². The summed E-state index contributed by atoms with van der Waals surface area (Å²) < 4.78 is 0. The van der Waals surface area contributed by atoms with Gasteiger partial charge in [-0.25, -0.2) is 10.9 Å². The van der Waals surface area contributed by atoms with Crippen LogP contribution in [-0.2, 0) is 4.79 Å². The normalized spacial score (nSPS) is 22.9. The number of aryl methyl sites for hydroxylation is 1. The second-order valence-electron chi connectivity index (χ2n) is 6.93. The van der Waals surface area contributed by atoms with E-state index < -0.39 is 0 Å². The number of nitrogens with one attached hydrogen (secondary N) is 2. The van der Waals surface area contributed by atoms with Crippen molar-refractivity contribution < 1.29 is 9.59 Å². The second kappa shape index (κ2) is 7.75. The summed E-state index contributed by atoms with van der Waals surface area (Å²) in [5.74, 6) is 0.158. The minimum Gasteiger partial charge on any atom is -0.338 e. The van der Waals surface area contributed by atoms with Crippen molar-refractivity contribution in [3.8, 4) is 0 Å². The molecule has 2 aliphatic heterocycles. The van der Waals surface area contributed by atoms with Crippen molar-refractivity contribution in [1.82, 2.24) is 25.6 Å². The first kappa shape index (κ1) is 18.1. The molecule has 7 nitrogen and oxygen atoms in total. The quantitative estimate of drug-likeness (QED) is 0.834. The third-order valence-corrected chi connectivity index (χ3v) is 6.19. The van der Waals surface area contributed by atoms with Crippen LogP contribution in [0.25, 0.3) is 0 Å². The maximum atomic E-state index is 12.8. The Balaban J connectivity index is 1.31. The van der Waals surface area contributed by atoms with Crippen LogP contribution < -0.4 is 10.9 Å². The summed E-state index contributed by atoms with van der Waals surface area (Å²) in [6.07, 6.45) is 2.43. The number of amides is 2. The first-order chi connectivity index (χ1) is 13.1. The van der Waals surface area contributed by atoms with Gasteiger partial charge in [-0.1, -0.05) is 6.07 Å². The highest BCUT2D eigenvalue weighted by Crippen LogP contribution is 2.22. The van der Waals surface area contributed by atoms with Gasteiger partial charge >= 0.3 is 0 Å². The average Bonchev–Trinajstić information content (AvgIpc) is 3.37. The van der Waals surface area contributed by atoms with Crippen LogP contribution >= 0.6 is 11.3 Å². The van der Waals surface area contributed by atoms with Crippen molar-refractivity contribution >= 4 is 23.2 Å². The molecule has 8 heteroatoms. The van der Waals surface area contributed by atoms with Crippen molar-refractivity contribution in [2.75, 3.05) is 26.2 Å². The van der Waals surface area contributed by atoms with Crippen molar-refractivity contribution in [2.45, 2.75) is 25.4 Å². The number of hydrogen-bond acceptors (Lipinski definition) is 6. The standard InChI is InChI=1S/C19H23N5O2S/c1-13-5-11-27-17(13)19(26)24-9-7-23(8-10-24)18(25)16-12-15(21-22-16)14-4-2-3-6-20-14/h2-6,11,15-16,21-22H,7-10,12H2,1H3. The summed E-state index contributed by atoms with van der Waals surface area (Å²) in [5, 5.41) is 1.94. The maximum absolute atomic E-state index is 12.8. The lowest BCUT2D eigenvalue weighted by atomic mass is 10.1. The van der Waals surface area contributed by atoms with Crippen molar-refractivity contribution in [3.63, 3.8) is 0 Å². The monoisotopic (exact) mass is 385 g/mol. The fraction of sp³-hybridized carbons (Fsp3) is 0.421. The number of rotatable bonds is 3. The molecule has 4 heterocycles. The fourth-order valence-corrected chi connectivity index (χ4v) is 4.47. The number of thiophene rings is 1. The Morgan fingerprint density at radius 1 is 1.11 bits per heavy atom. The highest BCUT2D eigenvalue weighted by molar-refractivity contribution is 7.12. The molecule has 2 unspecified atom stereocenters. The van der Waals surface area contributed by atoms with Crippen molar-refractivity contribution in [1.29, 1.82) is 0 Å². The van der Waals surface area contributed by atoms with Crippen LogP contribution in [0.1, 0.15) is 33.4 Å². The van der Waals surface area contributed by atoms with Crippen LogP contribution in [0.3, 0.4) is 0 Å². The van der Waals surface area contributed by atoms with E-state index in [1.54, 1.807) is 6.20 Å². The molecule has 2 aliphatic rings. The number of piperazine rings is 1. The number of hydrazine groups is 1. The molecule has 0 spiro atoms. The molecule has 2 aromatic heterocycles. The van der Waals surface area contributed by atoms with Gasteiger partial charge in [-0.15, -0.1) is 11.3 Å². The largest absolute Gasteiger partial charge is 0.338 e. The summed E-state index contributed by atoms with van der Waals surface area (Å²) in [4.78, 5) is 34.3. The molecule has 2 amide bonds. The zero-order chi connectivity index (χ0) is 18.8. The first-order valence-corrected chi connectivity index (χ1v) is 10.1. The maximum Gasteiger partial charge on any atom is 0.264 e. The summed E-state index contributed by atoms with van der Waals surface area (Å²) in [6, 6.07) is 7.53. The van der Waals surface area contributed by atoms with Crippen LogP contribution in [0.15, 0.2) is 35.8 Å². The van der Waals surface area contributed by atoms with E-state index in [9.17, 15) is 9.59 Å². The Hall–Kier alpha value is -2.29. The predicted octanol–water partition coefficient (Wildman–Crippen LogP) is 1.34. The molecular weight excluding hydrogens is 362 g/mol. The number of pyridine rings is 1. The van der Waals surface area contributed by atoms with Gasteiger partial charge in [-0.05, 0) is 42.5 Å². The van der Waals surface area contributed by atoms with Crippen LogP contribution in [0, 0.1) is 6.92 Å². The van der Waals surface area contributed by atoms with Gasteiger partial charge in [-0.3, -0.25) is 14.6 Å². The molecule has 2 atom stereocenters. The number of carbonyl (C=O) groups excluding carboxylic acids is 2. The molecule has 2 aromatic rings. The van der Waals surface area contributed by atoms with E-state index in [0.717, 1.165) is 16.1 Å². The molecule has 27 heavy (non-hydrogen) atoms. The van der Waals surface area contributed by atoms with Crippen LogP contribution in [0.5, 0.6) is 0 Å². The fourth-order valence-electron chi connectivity index (χ4n) is 3.58. The van der Waals surface area contributed by atoms with Gasteiger partial charge in [0.15, 0.2) is 0 Å². The number of nitrogens with zero attached hydrogens (tertiary/aromatic N) is 3. The lowest BCUT2D eigenvalue weighted by Crippen LogP contribution is -2.54. The molecule has 4 rings (SSSR count). The van der Waals surface area contributed by atoms with E-state index in [0.29, 0.717) is 32.6 Å². The molecule has 2 fully saturated rings. The van der Waals surface area contributed by atoms with E-state index in [-0.39, 0.29) is 23.9 Å². The van der Waals surface area contributed by atoms with E-state index in [1.807, 2.05) is 46.4 Å². The van der Waals surface area contributed by atoms with Crippen LogP contribution in [0.2, 0.25) is 0 Å². The van der Waals surface area contributed by atoms with Gasteiger partial charge in [0, 0.05) is 32.4 Å². The Bertz CT molecular complexity index is 817. The lowest BCUT2D eigenvalue weighted by Gasteiger charge is -2.35. The van der Waals surface area contributed by atoms with E-state index in [4.69, 9.17) is 0 Å². The van der Waals surface area contributed by atoms with Crippen LogP contribution in [-0.4, -0.2) is 58.8 Å². The van der Waals surface area contributed by atoms with Gasteiger partial charge in [0.25, 0.3) is 5.91 Å². The van der Waals surface area contributed by atoms with Gasteiger partial charge in [0.1, 0.15) is 6.04 Å². The molecule has 0 bridgehead atoms. The zero-order valence-electron chi connectivity index (χ0n) is 15.2. The van der Waals surface area contributed by atoms with E-state index >= 15 is 0 Å². The summed E-state index contributed by atoms with van der Waals surface area (Å²) >= 11 is 1.48. The molecule has 2 saturated heterocycles. The Labute approximate surface area is 162 Å². The molecule has 0 radical (unpaired) electrons. The summed E-state index contributed by atoms with van der Waals surface area (Å²) in [7, 11) is 0. The van der Waals surface area contributed by atoms with E-state index in [2.05, 4.69) is 15.8 Å². The van der Waals surface area contributed by atoms with Crippen LogP contribution in [0.4, 0.5) is 0 Å². The van der Waals surface area contributed by atoms with Gasteiger partial charge in [0.05, 0.1) is 16.6 Å². The highest BCUT2D eigenvalue weighted by atomic mass is 32.1. The average molecular weight is 385 g/mol. The number of aromatic nitrogens is 1. The summed E-state index contributed by atoms with van der Waals surface area (Å²) in [6.45, 7) is 4.25. The molecule has 0 aliphatic carbocycles. The minimum absolute atomic E-state index is 0.0322. The molecule has 142 valence electrons. The SMILES string of the molecule is Cc1ccsc1C(=O)N1CCN(C(=O)C2CC(c3ccccn3)NN2)CC1. The zero-order valence-corrected chi connectivity index (χ0v) is 16.0. The molecule has 0 saturated carbocycles. The van der Waals surface area contributed by atoms with Gasteiger partial charge < -0.3 is 9.80 Å². The smallest absolute Gasteiger partial charge is 0.264 e. The number of carbonyl (C=O) groups is 2. The third-order valence-electron chi connectivity index (χ3n) is 5.18. The molecule has 2 N–H and O–H groups in total. The minimum atomic E-state index is -0.265. The lowest BCUT2D eigenvalue weighted by molar-refractivity contribution is -0.134. The topological polar surface area (TPSA) is 77.6 Å². The highest BCUT2D eigenvalue weighted by Gasteiger charge is 2.35. The summed E-state index contributed by atoms with van der Waals surface area (Å²) in [5.41, 5.74) is 8.23. The van der Waals surface area contributed by atoms with E-state index in [1.165, 1.54) is 11.3 Å². The third kappa shape index (κ3) is 3.73. The van der Waals surface area contributed by atoms with Gasteiger partial charge in [0.2, 0.25) is 5.91 Å². The molecular formula is C19H23N5O2S. The van der Waals surface area contributed by atoms with Crippen molar-refractivity contribution in [2.24, 2.45) is 0 Å². The Morgan fingerprint density at radius 2 is 1.89 bits per heavy atom. The Morgan fingerprint density at radius 3 is 2.56 bits per heavy atom. The second-order valence-corrected chi connectivity index (χ2v) is 7.85. The van der Waals surface area contributed by atoms with Gasteiger partial charge in [-0.2, -0.15) is 0 Å². The predicted molar refractivity (Wildman–Crippen MR) is 103 cm³/mol. The Kier molecular flexibility index (Phi) is 5.20. The number of hydrogen-bond donors (Lipinski definition) is 2. The first-order valence-electron chi connectivity index (χ1n) is 9.17. The molecule has 0 aromatic carbocycles.